The predicted molar refractivity (Wildman–Crippen MR) is 90.9 cm³/mol. The summed E-state index contributed by atoms with van der Waals surface area (Å²) < 4.78 is 0. The molecule has 0 aliphatic rings. The van der Waals surface area contributed by atoms with Gasteiger partial charge in [0, 0.05) is 22.7 Å². The number of nitrogens with two attached hydrogens (primary N) is 1. The van der Waals surface area contributed by atoms with Crippen LogP contribution in [-0.4, -0.2) is 4.98 Å². The second kappa shape index (κ2) is 6.20. The Hall–Kier alpha value is -1.32. The van der Waals surface area contributed by atoms with Gasteiger partial charge in [-0.1, -0.05) is 44.7 Å². The van der Waals surface area contributed by atoms with E-state index in [4.69, 9.17) is 5.73 Å². The highest BCUT2D eigenvalue weighted by Gasteiger charge is 2.14. The summed E-state index contributed by atoms with van der Waals surface area (Å²) in [6.07, 6.45) is 0. The Labute approximate surface area is 132 Å². The van der Waals surface area contributed by atoms with Crippen molar-refractivity contribution in [2.24, 2.45) is 5.73 Å². The van der Waals surface area contributed by atoms with Crippen molar-refractivity contribution in [2.75, 3.05) is 0 Å². The van der Waals surface area contributed by atoms with E-state index in [1.807, 2.05) is 6.92 Å². The molecule has 3 heteroatoms. The van der Waals surface area contributed by atoms with E-state index in [0.29, 0.717) is 6.54 Å². The molecule has 2 aromatic rings. The molecule has 0 aliphatic carbocycles. The summed E-state index contributed by atoms with van der Waals surface area (Å²) in [7, 11) is 0. The van der Waals surface area contributed by atoms with Gasteiger partial charge in [0.1, 0.15) is 5.03 Å². The fraction of sp³-hybridized carbons (Fsp3) is 0.389. The molecule has 0 unspecified atom stereocenters. The molecule has 0 radical (unpaired) electrons. The minimum absolute atomic E-state index is 0.184. The van der Waals surface area contributed by atoms with Crippen LogP contribution in [0.2, 0.25) is 0 Å². The van der Waals surface area contributed by atoms with Gasteiger partial charge in [-0.05, 0) is 48.6 Å². The molecule has 0 amide bonds. The molecular weight excluding hydrogens is 276 g/mol. The van der Waals surface area contributed by atoms with Gasteiger partial charge < -0.3 is 5.73 Å². The Morgan fingerprint density at radius 1 is 1.10 bits per heavy atom. The van der Waals surface area contributed by atoms with Gasteiger partial charge in [0.05, 0.1) is 0 Å². The van der Waals surface area contributed by atoms with Crippen LogP contribution < -0.4 is 5.73 Å². The lowest BCUT2D eigenvalue weighted by Gasteiger charge is -2.19. The number of pyridine rings is 1. The predicted octanol–water partition coefficient (Wildman–Crippen LogP) is 4.61. The molecule has 112 valence electrons. The highest BCUT2D eigenvalue weighted by Crippen LogP contribution is 2.32. The molecule has 0 atom stereocenters. The molecule has 2 rings (SSSR count). The first-order valence-electron chi connectivity index (χ1n) is 7.27. The van der Waals surface area contributed by atoms with Crippen molar-refractivity contribution in [1.29, 1.82) is 0 Å². The van der Waals surface area contributed by atoms with Crippen LogP contribution in [0.3, 0.4) is 0 Å². The monoisotopic (exact) mass is 300 g/mol. The second-order valence-corrected chi connectivity index (χ2v) is 7.51. The molecule has 0 spiro atoms. The van der Waals surface area contributed by atoms with Crippen LogP contribution >= 0.6 is 11.8 Å². The quantitative estimate of drug-likeness (QED) is 0.900. The van der Waals surface area contributed by atoms with Gasteiger partial charge in [-0.3, -0.25) is 0 Å². The van der Waals surface area contributed by atoms with Crippen molar-refractivity contribution in [3.05, 3.63) is 52.7 Å². The average molecular weight is 300 g/mol. The smallest absolute Gasteiger partial charge is 0.106 e. The molecule has 0 saturated carbocycles. The minimum Gasteiger partial charge on any atom is -0.326 e. The van der Waals surface area contributed by atoms with Crippen LogP contribution in [-0.2, 0) is 12.0 Å². The molecule has 21 heavy (non-hydrogen) atoms. The lowest BCUT2D eigenvalue weighted by molar-refractivity contribution is 0.590. The van der Waals surface area contributed by atoms with Crippen molar-refractivity contribution in [3.8, 4) is 0 Å². The Morgan fingerprint density at radius 3 is 2.24 bits per heavy atom. The van der Waals surface area contributed by atoms with E-state index in [1.54, 1.807) is 11.8 Å². The standard InChI is InChI=1S/C18H24N2S/c1-12-10-13(2)20-17(16(12)11-19)21-15-8-6-14(7-9-15)18(3,4)5/h6-10H,11,19H2,1-5H3. The summed E-state index contributed by atoms with van der Waals surface area (Å²) in [5.41, 5.74) is 10.8. The maximum atomic E-state index is 5.88. The first kappa shape index (κ1) is 16.1. The van der Waals surface area contributed by atoms with Crippen LogP contribution in [0.5, 0.6) is 0 Å². The third-order valence-corrected chi connectivity index (χ3v) is 4.62. The Balaban J connectivity index is 2.30. The lowest BCUT2D eigenvalue weighted by Crippen LogP contribution is -2.10. The third-order valence-electron chi connectivity index (χ3n) is 3.58. The maximum Gasteiger partial charge on any atom is 0.106 e. The highest BCUT2D eigenvalue weighted by molar-refractivity contribution is 7.99. The summed E-state index contributed by atoms with van der Waals surface area (Å²) >= 11 is 1.70. The molecule has 2 N–H and O–H groups in total. The van der Waals surface area contributed by atoms with E-state index >= 15 is 0 Å². The Morgan fingerprint density at radius 2 is 1.71 bits per heavy atom. The second-order valence-electron chi connectivity index (χ2n) is 6.44. The van der Waals surface area contributed by atoms with Crippen LogP contribution in [0.25, 0.3) is 0 Å². The SMILES string of the molecule is Cc1cc(C)c(CN)c(Sc2ccc(C(C)(C)C)cc2)n1. The number of aromatic nitrogens is 1. The molecule has 0 bridgehead atoms. The van der Waals surface area contributed by atoms with Gasteiger partial charge in [-0.15, -0.1) is 0 Å². The number of hydrogen-bond donors (Lipinski definition) is 1. The minimum atomic E-state index is 0.184. The summed E-state index contributed by atoms with van der Waals surface area (Å²) in [6.45, 7) is 11.3. The van der Waals surface area contributed by atoms with E-state index in [9.17, 15) is 0 Å². The van der Waals surface area contributed by atoms with Crippen molar-refractivity contribution in [1.82, 2.24) is 4.98 Å². The largest absolute Gasteiger partial charge is 0.326 e. The van der Waals surface area contributed by atoms with Crippen LogP contribution in [0.1, 0.15) is 43.2 Å². The molecule has 2 nitrogen and oxygen atoms in total. The topological polar surface area (TPSA) is 38.9 Å². The number of rotatable bonds is 3. The van der Waals surface area contributed by atoms with Crippen LogP contribution in [0.4, 0.5) is 0 Å². The summed E-state index contributed by atoms with van der Waals surface area (Å²) in [6, 6.07) is 10.8. The zero-order valence-electron chi connectivity index (χ0n) is 13.5. The van der Waals surface area contributed by atoms with Gasteiger partial charge >= 0.3 is 0 Å². The van der Waals surface area contributed by atoms with Crippen LogP contribution in [0.15, 0.2) is 40.3 Å². The van der Waals surface area contributed by atoms with E-state index < -0.39 is 0 Å². The number of nitrogens with zero attached hydrogens (tertiary/aromatic N) is 1. The van der Waals surface area contributed by atoms with E-state index in [-0.39, 0.29) is 5.41 Å². The molecule has 0 fully saturated rings. The van der Waals surface area contributed by atoms with Crippen molar-refractivity contribution >= 4 is 11.8 Å². The number of hydrogen-bond acceptors (Lipinski definition) is 3. The average Bonchev–Trinajstić information content (AvgIpc) is 2.38. The fourth-order valence-corrected chi connectivity index (χ4v) is 3.35. The lowest BCUT2D eigenvalue weighted by atomic mass is 9.87. The van der Waals surface area contributed by atoms with Crippen molar-refractivity contribution < 1.29 is 0 Å². The first-order valence-corrected chi connectivity index (χ1v) is 8.08. The van der Waals surface area contributed by atoms with Gasteiger partial charge in [0.25, 0.3) is 0 Å². The summed E-state index contributed by atoms with van der Waals surface area (Å²) in [4.78, 5) is 5.86. The Bertz CT molecular complexity index is 625. The van der Waals surface area contributed by atoms with Gasteiger partial charge in [0.2, 0.25) is 0 Å². The van der Waals surface area contributed by atoms with Crippen molar-refractivity contribution in [2.45, 2.75) is 56.5 Å². The molecule has 0 aliphatic heterocycles. The first-order chi connectivity index (χ1) is 9.81. The molecule has 0 saturated heterocycles. The zero-order valence-corrected chi connectivity index (χ0v) is 14.3. The molecular formula is C18H24N2S. The molecule has 1 aromatic heterocycles. The van der Waals surface area contributed by atoms with Crippen LogP contribution in [0, 0.1) is 13.8 Å². The maximum absolute atomic E-state index is 5.88. The van der Waals surface area contributed by atoms with Crippen molar-refractivity contribution in [3.63, 3.8) is 0 Å². The Kier molecular flexibility index (Phi) is 4.74. The zero-order chi connectivity index (χ0) is 15.6. The van der Waals surface area contributed by atoms with E-state index in [0.717, 1.165) is 16.3 Å². The molecule has 1 heterocycles. The fourth-order valence-electron chi connectivity index (χ4n) is 2.30. The van der Waals surface area contributed by atoms with E-state index in [1.165, 1.54) is 16.0 Å². The number of aryl methyl sites for hydroxylation is 2. The van der Waals surface area contributed by atoms with Gasteiger partial charge in [0.15, 0.2) is 0 Å². The third kappa shape index (κ3) is 3.86. The van der Waals surface area contributed by atoms with E-state index in [2.05, 4.69) is 63.0 Å². The normalized spacial score (nSPS) is 11.7. The molecule has 1 aromatic carbocycles. The summed E-state index contributed by atoms with van der Waals surface area (Å²) in [5.74, 6) is 0. The highest BCUT2D eigenvalue weighted by atomic mass is 32.2. The van der Waals surface area contributed by atoms with Gasteiger partial charge in [-0.2, -0.15) is 0 Å². The van der Waals surface area contributed by atoms with Gasteiger partial charge in [-0.25, -0.2) is 4.98 Å². The summed E-state index contributed by atoms with van der Waals surface area (Å²) in [5, 5.41) is 1.03. The number of benzene rings is 1.